The van der Waals surface area contributed by atoms with E-state index in [4.69, 9.17) is 11.6 Å². The van der Waals surface area contributed by atoms with Crippen molar-refractivity contribution in [1.82, 2.24) is 4.31 Å². The molecule has 19 heavy (non-hydrogen) atoms. The first kappa shape index (κ1) is 15.8. The normalized spacial score (nSPS) is 22.1. The van der Waals surface area contributed by atoms with Crippen molar-refractivity contribution in [1.29, 1.82) is 0 Å². The first-order valence-electron chi connectivity index (χ1n) is 6.07. The van der Waals surface area contributed by atoms with Crippen LogP contribution in [0.4, 0.5) is 0 Å². The molecule has 3 nitrogen and oxygen atoms in total. The third-order valence-electron chi connectivity index (χ3n) is 3.59. The molecule has 0 aromatic carbocycles. The van der Waals surface area contributed by atoms with Gasteiger partial charge in [0, 0.05) is 13.1 Å². The number of thiophene rings is 1. The first-order valence-corrected chi connectivity index (χ1v) is 9.50. The zero-order valence-electron chi connectivity index (χ0n) is 11.1. The van der Waals surface area contributed by atoms with Crippen LogP contribution in [0, 0.1) is 11.3 Å². The quantitative estimate of drug-likeness (QED) is 0.763. The molecule has 0 N–H and O–H groups in total. The zero-order chi connectivity index (χ0) is 14.4. The number of sulfonamides is 1. The molecular formula is C12H17BrClNO2S2. The molecule has 2 heterocycles. The molecule has 0 spiro atoms. The van der Waals surface area contributed by atoms with Crippen LogP contribution < -0.4 is 0 Å². The van der Waals surface area contributed by atoms with Gasteiger partial charge >= 0.3 is 0 Å². The molecule has 1 aliphatic heterocycles. The van der Waals surface area contributed by atoms with Crippen LogP contribution in [-0.2, 0) is 10.0 Å². The molecule has 1 saturated heterocycles. The van der Waals surface area contributed by atoms with E-state index >= 15 is 0 Å². The molecule has 108 valence electrons. The number of nitrogens with zero attached hydrogens (tertiary/aromatic N) is 1. The summed E-state index contributed by atoms with van der Waals surface area (Å²) in [6, 6.07) is 1.52. The van der Waals surface area contributed by atoms with Crippen LogP contribution >= 0.6 is 38.9 Å². The molecule has 0 amide bonds. The van der Waals surface area contributed by atoms with E-state index in [1.807, 2.05) is 0 Å². The zero-order valence-corrected chi connectivity index (χ0v) is 15.1. The minimum absolute atomic E-state index is 0.137. The summed E-state index contributed by atoms with van der Waals surface area (Å²) < 4.78 is 27.6. The van der Waals surface area contributed by atoms with E-state index in [0.717, 1.165) is 6.42 Å². The second-order valence-corrected chi connectivity index (χ2v) is 10.8. The summed E-state index contributed by atoms with van der Waals surface area (Å²) in [5.41, 5.74) is 0.137. The Morgan fingerprint density at radius 1 is 1.47 bits per heavy atom. The van der Waals surface area contributed by atoms with Gasteiger partial charge in [0.15, 0.2) is 0 Å². The fourth-order valence-electron chi connectivity index (χ4n) is 2.23. The van der Waals surface area contributed by atoms with E-state index in [0.29, 0.717) is 32.0 Å². The van der Waals surface area contributed by atoms with Crippen molar-refractivity contribution in [3.05, 3.63) is 14.9 Å². The van der Waals surface area contributed by atoms with E-state index in [1.54, 1.807) is 4.31 Å². The lowest BCUT2D eigenvalue weighted by atomic mass is 9.80. The van der Waals surface area contributed by atoms with Gasteiger partial charge in [0.1, 0.15) is 4.21 Å². The summed E-state index contributed by atoms with van der Waals surface area (Å²) in [7, 11) is -3.40. The molecule has 2 rings (SSSR count). The molecule has 0 bridgehead atoms. The second-order valence-electron chi connectivity index (χ2n) is 5.90. The second kappa shape index (κ2) is 5.30. The summed E-state index contributed by atoms with van der Waals surface area (Å²) in [5, 5.41) is 0.454. The topological polar surface area (TPSA) is 37.4 Å². The smallest absolute Gasteiger partial charge is 0.206 e. The van der Waals surface area contributed by atoms with Crippen molar-refractivity contribution in [3.8, 4) is 0 Å². The molecule has 1 atom stereocenters. The van der Waals surface area contributed by atoms with Crippen molar-refractivity contribution >= 4 is 48.9 Å². The Morgan fingerprint density at radius 2 is 2.11 bits per heavy atom. The standard InChI is InChI=1S/C12H17BrClNO2S2/c1-12(2,3)8-4-5-15(7-8)19(16,17)10-6-9(14)11(13)18-10/h6,8H,4-5,7H2,1-3H3. The van der Waals surface area contributed by atoms with Crippen LogP contribution in [0.15, 0.2) is 14.1 Å². The number of hydrogen-bond acceptors (Lipinski definition) is 3. The van der Waals surface area contributed by atoms with E-state index in [2.05, 4.69) is 36.7 Å². The van der Waals surface area contributed by atoms with Crippen molar-refractivity contribution in [2.24, 2.45) is 11.3 Å². The Morgan fingerprint density at radius 3 is 2.53 bits per heavy atom. The van der Waals surface area contributed by atoms with Gasteiger partial charge in [0.2, 0.25) is 0 Å². The maximum Gasteiger partial charge on any atom is 0.252 e. The maximum atomic E-state index is 12.5. The van der Waals surface area contributed by atoms with Crippen LogP contribution in [0.1, 0.15) is 27.2 Å². The van der Waals surface area contributed by atoms with Gasteiger partial charge in [0.25, 0.3) is 10.0 Å². The maximum absolute atomic E-state index is 12.5. The van der Waals surface area contributed by atoms with Crippen LogP contribution in [0.5, 0.6) is 0 Å². The van der Waals surface area contributed by atoms with Crippen molar-refractivity contribution < 1.29 is 8.42 Å². The molecule has 1 aromatic heterocycles. The van der Waals surface area contributed by atoms with Crippen LogP contribution in [0.3, 0.4) is 0 Å². The van der Waals surface area contributed by atoms with Gasteiger partial charge in [-0.1, -0.05) is 32.4 Å². The van der Waals surface area contributed by atoms with Crippen LogP contribution in [-0.4, -0.2) is 25.8 Å². The van der Waals surface area contributed by atoms with E-state index in [-0.39, 0.29) is 5.41 Å². The highest BCUT2D eigenvalue weighted by molar-refractivity contribution is 9.11. The van der Waals surface area contributed by atoms with Crippen molar-refractivity contribution in [3.63, 3.8) is 0 Å². The summed E-state index contributed by atoms with van der Waals surface area (Å²) in [5.74, 6) is 0.404. The summed E-state index contributed by atoms with van der Waals surface area (Å²) >= 11 is 10.4. The Bertz CT molecular complexity index is 558. The largest absolute Gasteiger partial charge is 0.252 e. The Labute approximate surface area is 132 Å². The molecular weight excluding hydrogens is 370 g/mol. The Balaban J connectivity index is 2.23. The average molecular weight is 387 g/mol. The Kier molecular flexibility index (Phi) is 4.39. The third kappa shape index (κ3) is 3.18. The lowest BCUT2D eigenvalue weighted by Gasteiger charge is -2.26. The summed E-state index contributed by atoms with van der Waals surface area (Å²) in [4.78, 5) is 0. The van der Waals surface area contributed by atoms with Crippen LogP contribution in [0.2, 0.25) is 5.02 Å². The van der Waals surface area contributed by atoms with Gasteiger partial charge in [-0.15, -0.1) is 11.3 Å². The highest BCUT2D eigenvalue weighted by atomic mass is 79.9. The molecule has 1 aliphatic rings. The number of hydrogen-bond donors (Lipinski definition) is 0. The van der Waals surface area contributed by atoms with E-state index < -0.39 is 10.0 Å². The van der Waals surface area contributed by atoms with Gasteiger partial charge in [-0.25, -0.2) is 8.42 Å². The fraction of sp³-hybridized carbons (Fsp3) is 0.667. The fourth-order valence-corrected chi connectivity index (χ4v) is 6.29. The van der Waals surface area contributed by atoms with E-state index in [9.17, 15) is 8.42 Å². The SMILES string of the molecule is CC(C)(C)C1CCN(S(=O)(=O)c2cc(Cl)c(Br)s2)C1. The van der Waals surface area contributed by atoms with Gasteiger partial charge < -0.3 is 0 Å². The molecule has 7 heteroatoms. The molecule has 0 saturated carbocycles. The lowest BCUT2D eigenvalue weighted by molar-refractivity contribution is 0.252. The van der Waals surface area contributed by atoms with Crippen molar-refractivity contribution in [2.45, 2.75) is 31.4 Å². The molecule has 1 fully saturated rings. The first-order chi connectivity index (χ1) is 8.62. The molecule has 0 aliphatic carbocycles. The predicted molar refractivity (Wildman–Crippen MR) is 83.3 cm³/mol. The number of halogens is 2. The summed E-state index contributed by atoms with van der Waals surface area (Å²) in [6.07, 6.45) is 0.920. The lowest BCUT2D eigenvalue weighted by Crippen LogP contribution is -2.30. The minimum atomic E-state index is -3.40. The predicted octanol–water partition coefficient (Wildman–Crippen LogP) is 4.22. The van der Waals surface area contributed by atoms with Gasteiger partial charge in [0.05, 0.1) is 8.81 Å². The third-order valence-corrected chi connectivity index (χ3v) is 8.38. The molecule has 1 unspecified atom stereocenters. The monoisotopic (exact) mass is 385 g/mol. The van der Waals surface area contributed by atoms with Gasteiger partial charge in [-0.05, 0) is 39.8 Å². The Hall–Kier alpha value is 0.380. The highest BCUT2D eigenvalue weighted by Gasteiger charge is 2.38. The summed E-state index contributed by atoms with van der Waals surface area (Å²) in [6.45, 7) is 7.67. The minimum Gasteiger partial charge on any atom is -0.206 e. The number of rotatable bonds is 2. The molecule has 0 radical (unpaired) electrons. The highest BCUT2D eigenvalue weighted by Crippen LogP contribution is 2.39. The van der Waals surface area contributed by atoms with Gasteiger partial charge in [-0.3, -0.25) is 0 Å². The van der Waals surface area contributed by atoms with Crippen molar-refractivity contribution in [2.75, 3.05) is 13.1 Å². The molecule has 1 aromatic rings. The van der Waals surface area contributed by atoms with Crippen LogP contribution in [0.25, 0.3) is 0 Å². The van der Waals surface area contributed by atoms with Gasteiger partial charge in [-0.2, -0.15) is 4.31 Å². The average Bonchev–Trinajstić information content (AvgIpc) is 2.86. The van der Waals surface area contributed by atoms with E-state index in [1.165, 1.54) is 17.4 Å².